The number of hydrogen-bond acceptors (Lipinski definition) is 4. The van der Waals surface area contributed by atoms with Crippen molar-refractivity contribution in [3.8, 4) is 11.5 Å². The number of halogens is 2. The average molecular weight is 403 g/mol. The highest BCUT2D eigenvalue weighted by molar-refractivity contribution is 6.50. The Hall–Kier alpha value is -2.76. The summed E-state index contributed by atoms with van der Waals surface area (Å²) in [5, 5.41) is 1.15. The summed E-state index contributed by atoms with van der Waals surface area (Å²) in [5.41, 5.74) is 0.965. The first-order valence-electron chi connectivity index (χ1n) is 8.00. The van der Waals surface area contributed by atoms with Crippen LogP contribution in [0.3, 0.4) is 0 Å². The summed E-state index contributed by atoms with van der Waals surface area (Å²) in [6.45, 7) is 3.99. The van der Waals surface area contributed by atoms with Crippen LogP contribution >= 0.6 is 23.2 Å². The number of aromatic nitrogens is 2. The molecule has 138 valence electrons. The van der Waals surface area contributed by atoms with Crippen molar-refractivity contribution < 1.29 is 9.47 Å². The molecule has 0 aliphatic rings. The Kier molecular flexibility index (Phi) is 5.84. The molecule has 0 fully saturated rings. The number of ether oxygens (including phenoxy) is 2. The molecule has 0 atom stereocenters. The van der Waals surface area contributed by atoms with Crippen LogP contribution in [0, 0.1) is 0 Å². The largest absolute Gasteiger partial charge is 0.493 e. The fraction of sp³-hybridized carbons (Fsp3) is 0.100. The predicted octanol–water partition coefficient (Wildman–Crippen LogP) is 4.89. The van der Waals surface area contributed by atoms with Crippen molar-refractivity contribution in [2.45, 2.75) is 0 Å². The lowest BCUT2D eigenvalue weighted by Gasteiger charge is -2.10. The van der Waals surface area contributed by atoms with E-state index < -0.39 is 0 Å². The van der Waals surface area contributed by atoms with Crippen molar-refractivity contribution in [2.24, 2.45) is 0 Å². The van der Waals surface area contributed by atoms with Crippen LogP contribution in [0.4, 0.5) is 0 Å². The van der Waals surface area contributed by atoms with Crippen LogP contribution in [0.1, 0.15) is 11.4 Å². The minimum absolute atomic E-state index is 0.266. The highest BCUT2D eigenvalue weighted by Gasteiger charge is 2.09. The molecular weight excluding hydrogens is 387 g/mol. The van der Waals surface area contributed by atoms with Gasteiger partial charge in [0.15, 0.2) is 17.3 Å². The SMILES string of the molecule is C=CCOc1ccc(/C=C(\Cl)c2nc3ccc(Cl)cc3c(=O)[nH]2)cc1OC. The van der Waals surface area contributed by atoms with Crippen LogP contribution in [0.5, 0.6) is 11.5 Å². The zero-order chi connectivity index (χ0) is 19.4. The average Bonchev–Trinajstić information content (AvgIpc) is 2.67. The van der Waals surface area contributed by atoms with Crippen LogP contribution in [-0.2, 0) is 0 Å². The van der Waals surface area contributed by atoms with Gasteiger partial charge in [0, 0.05) is 5.02 Å². The molecule has 0 aliphatic carbocycles. The highest BCUT2D eigenvalue weighted by Crippen LogP contribution is 2.30. The predicted molar refractivity (Wildman–Crippen MR) is 110 cm³/mol. The minimum Gasteiger partial charge on any atom is -0.493 e. The molecule has 0 radical (unpaired) electrons. The first kappa shape index (κ1) is 19.0. The quantitative estimate of drug-likeness (QED) is 0.596. The maximum atomic E-state index is 12.3. The summed E-state index contributed by atoms with van der Waals surface area (Å²) >= 11 is 12.3. The van der Waals surface area contributed by atoms with Gasteiger partial charge in [-0.15, -0.1) is 0 Å². The molecule has 1 aromatic heterocycles. The molecule has 3 rings (SSSR count). The van der Waals surface area contributed by atoms with Crippen LogP contribution in [0.25, 0.3) is 22.0 Å². The monoisotopic (exact) mass is 402 g/mol. The molecular formula is C20H16Cl2N2O3. The van der Waals surface area contributed by atoms with E-state index in [2.05, 4.69) is 16.5 Å². The zero-order valence-corrected chi connectivity index (χ0v) is 16.0. The van der Waals surface area contributed by atoms with Gasteiger partial charge in [-0.2, -0.15) is 0 Å². The second kappa shape index (κ2) is 8.29. The Morgan fingerprint density at radius 1 is 1.26 bits per heavy atom. The number of rotatable bonds is 6. The molecule has 0 spiro atoms. The van der Waals surface area contributed by atoms with Crippen LogP contribution in [0.2, 0.25) is 5.02 Å². The topological polar surface area (TPSA) is 64.2 Å². The van der Waals surface area contributed by atoms with Gasteiger partial charge in [-0.3, -0.25) is 4.79 Å². The fourth-order valence-electron chi connectivity index (χ4n) is 2.48. The number of benzene rings is 2. The Bertz CT molecular complexity index is 1090. The van der Waals surface area contributed by atoms with E-state index in [-0.39, 0.29) is 16.4 Å². The second-order valence-corrected chi connectivity index (χ2v) is 6.42. The molecule has 0 saturated carbocycles. The number of fused-ring (bicyclic) bond motifs is 1. The number of nitrogens with one attached hydrogen (secondary N) is 1. The number of H-pyrrole nitrogens is 1. The Balaban J connectivity index is 1.97. The van der Waals surface area contributed by atoms with E-state index in [1.165, 1.54) is 0 Å². The smallest absolute Gasteiger partial charge is 0.259 e. The summed E-state index contributed by atoms with van der Waals surface area (Å²) in [7, 11) is 1.55. The molecule has 27 heavy (non-hydrogen) atoms. The standard InChI is InChI=1S/C20H16Cl2N2O3/c1-3-8-27-17-7-4-12(10-18(17)26-2)9-15(22)19-23-16-6-5-13(21)11-14(16)20(25)24-19/h3-7,9-11H,1,8H2,2H3,(H,23,24,25)/b15-9-. The van der Waals surface area contributed by atoms with Crippen molar-refractivity contribution in [3.63, 3.8) is 0 Å². The molecule has 0 unspecified atom stereocenters. The molecule has 0 saturated heterocycles. The fourth-order valence-corrected chi connectivity index (χ4v) is 2.87. The lowest BCUT2D eigenvalue weighted by molar-refractivity contribution is 0.326. The van der Waals surface area contributed by atoms with Gasteiger partial charge in [0.25, 0.3) is 5.56 Å². The normalized spacial score (nSPS) is 11.4. The highest BCUT2D eigenvalue weighted by atomic mass is 35.5. The number of aromatic amines is 1. The first-order valence-corrected chi connectivity index (χ1v) is 8.76. The van der Waals surface area contributed by atoms with Gasteiger partial charge in [-0.1, -0.05) is 41.9 Å². The van der Waals surface area contributed by atoms with Gasteiger partial charge in [0.1, 0.15) is 6.61 Å². The van der Waals surface area contributed by atoms with Crippen LogP contribution in [0.15, 0.2) is 53.8 Å². The second-order valence-electron chi connectivity index (χ2n) is 5.58. The van der Waals surface area contributed by atoms with Crippen LogP contribution < -0.4 is 15.0 Å². The molecule has 5 nitrogen and oxygen atoms in total. The van der Waals surface area contributed by atoms with E-state index in [0.717, 1.165) is 5.56 Å². The summed E-state index contributed by atoms with van der Waals surface area (Å²) in [5.74, 6) is 1.42. The van der Waals surface area contributed by atoms with Crippen LogP contribution in [-0.4, -0.2) is 23.7 Å². The van der Waals surface area contributed by atoms with Crippen molar-refractivity contribution in [2.75, 3.05) is 13.7 Å². The lowest BCUT2D eigenvalue weighted by atomic mass is 10.2. The number of methoxy groups -OCH3 is 1. The van der Waals surface area contributed by atoms with Crippen molar-refractivity contribution in [3.05, 3.63) is 75.8 Å². The zero-order valence-electron chi connectivity index (χ0n) is 14.5. The molecule has 2 aromatic carbocycles. The minimum atomic E-state index is -0.310. The third-order valence-electron chi connectivity index (χ3n) is 3.73. The first-order chi connectivity index (χ1) is 13.0. The van der Waals surface area contributed by atoms with Gasteiger partial charge in [-0.25, -0.2) is 4.98 Å². The van der Waals surface area contributed by atoms with Gasteiger partial charge in [-0.05, 0) is 42.0 Å². The van der Waals surface area contributed by atoms with Gasteiger partial charge >= 0.3 is 0 Å². The molecule has 0 bridgehead atoms. The Morgan fingerprint density at radius 2 is 2.07 bits per heavy atom. The Morgan fingerprint density at radius 3 is 2.81 bits per heavy atom. The van der Waals surface area contributed by atoms with E-state index in [1.807, 2.05) is 6.07 Å². The molecule has 0 amide bonds. The van der Waals surface area contributed by atoms with Crippen molar-refractivity contribution in [1.82, 2.24) is 9.97 Å². The van der Waals surface area contributed by atoms with Gasteiger partial charge in [0.05, 0.1) is 23.0 Å². The summed E-state index contributed by atoms with van der Waals surface area (Å²) < 4.78 is 10.9. The third-order valence-corrected chi connectivity index (χ3v) is 4.25. The van der Waals surface area contributed by atoms with E-state index in [0.29, 0.717) is 34.0 Å². The summed E-state index contributed by atoms with van der Waals surface area (Å²) in [6, 6.07) is 10.3. The summed E-state index contributed by atoms with van der Waals surface area (Å²) in [6.07, 6.45) is 3.33. The molecule has 1 heterocycles. The maximum absolute atomic E-state index is 12.3. The number of nitrogens with zero attached hydrogens (tertiary/aromatic N) is 1. The number of hydrogen-bond donors (Lipinski definition) is 1. The van der Waals surface area contributed by atoms with E-state index >= 15 is 0 Å². The Labute approximate surface area is 165 Å². The maximum Gasteiger partial charge on any atom is 0.259 e. The van der Waals surface area contributed by atoms with Gasteiger partial charge < -0.3 is 14.5 Å². The molecule has 3 aromatic rings. The van der Waals surface area contributed by atoms with E-state index in [9.17, 15) is 4.79 Å². The van der Waals surface area contributed by atoms with E-state index in [4.69, 9.17) is 32.7 Å². The lowest BCUT2D eigenvalue weighted by Crippen LogP contribution is -2.10. The van der Waals surface area contributed by atoms with Crippen molar-refractivity contribution in [1.29, 1.82) is 0 Å². The van der Waals surface area contributed by atoms with Gasteiger partial charge in [0.2, 0.25) is 0 Å². The third kappa shape index (κ3) is 4.32. The van der Waals surface area contributed by atoms with Crippen molar-refractivity contribution >= 4 is 45.2 Å². The summed E-state index contributed by atoms with van der Waals surface area (Å²) in [4.78, 5) is 19.3. The van der Waals surface area contributed by atoms with E-state index in [1.54, 1.807) is 49.6 Å². The molecule has 7 heteroatoms. The molecule has 0 aliphatic heterocycles. The molecule has 1 N–H and O–H groups in total.